The Hall–Kier alpha value is -2.92. The number of aromatic nitrogens is 2. The zero-order valence-corrected chi connectivity index (χ0v) is 21.1. The predicted molar refractivity (Wildman–Crippen MR) is 128 cm³/mol. The second-order valence-corrected chi connectivity index (χ2v) is 13.1. The molecule has 4 rings (SSSR count). The molecule has 1 fully saturated rings. The highest BCUT2D eigenvalue weighted by molar-refractivity contribution is 7.94. The number of aliphatic hydroxyl groups excluding tert-OH is 1. The average Bonchev–Trinajstić information content (AvgIpc) is 3.53. The predicted octanol–water partition coefficient (Wildman–Crippen LogP) is 1.74. The quantitative estimate of drug-likeness (QED) is 0.525. The van der Waals surface area contributed by atoms with E-state index in [-0.39, 0.29) is 30.9 Å². The number of aromatic carboxylic acids is 1. The number of carbonyl (C=O) groups excluding carboxylic acids is 1. The van der Waals surface area contributed by atoms with Crippen molar-refractivity contribution in [2.75, 3.05) is 20.3 Å². The maximum atomic E-state index is 13.7. The summed E-state index contributed by atoms with van der Waals surface area (Å²) in [5, 5.41) is 23.7. The van der Waals surface area contributed by atoms with Gasteiger partial charge in [0.05, 0.1) is 29.8 Å². The molecule has 2 aromatic rings. The van der Waals surface area contributed by atoms with E-state index in [0.29, 0.717) is 24.2 Å². The smallest absolute Gasteiger partial charge is 0.356 e. The summed E-state index contributed by atoms with van der Waals surface area (Å²) >= 11 is 0. The van der Waals surface area contributed by atoms with E-state index in [1.54, 1.807) is 26.2 Å². The first kappa shape index (κ1) is 25.2. The largest absolute Gasteiger partial charge is 0.497 e. The molecule has 0 radical (unpaired) electrons. The molecule has 11 heteroatoms. The number of aliphatic hydroxyl groups is 1. The van der Waals surface area contributed by atoms with Crippen LogP contribution in [0.15, 0.2) is 24.3 Å². The van der Waals surface area contributed by atoms with Crippen LogP contribution in [0.2, 0.25) is 0 Å². The molecule has 2 heterocycles. The molecule has 1 aromatic heterocycles. The van der Waals surface area contributed by atoms with E-state index < -0.39 is 43.9 Å². The first-order valence-electron chi connectivity index (χ1n) is 11.5. The third kappa shape index (κ3) is 4.10. The molecule has 1 aliphatic carbocycles. The molecular formula is C24H31N3O7S. The Morgan fingerprint density at radius 1 is 1.26 bits per heavy atom. The molecular weight excluding hydrogens is 474 g/mol. The molecule has 1 atom stereocenters. The number of sulfone groups is 1. The summed E-state index contributed by atoms with van der Waals surface area (Å²) < 4.78 is 30.8. The van der Waals surface area contributed by atoms with E-state index in [4.69, 9.17) is 4.74 Å². The Bertz CT molecular complexity index is 1260. The Morgan fingerprint density at radius 3 is 2.40 bits per heavy atom. The standard InChI is InChI=1S/C24H31N3O7S/c1-15-11-18-19(22(30)31)25-27(12-16-5-7-17(34-4)8-6-16)20(18)21(29)26(15)13-24(9-10-24)35(32,33)23(2,3)14-28/h5-8,15,28H,9-14H2,1-4H3,(H,30,31). The van der Waals surface area contributed by atoms with Gasteiger partial charge in [0.1, 0.15) is 11.4 Å². The molecule has 35 heavy (non-hydrogen) atoms. The Labute approximate surface area is 204 Å². The summed E-state index contributed by atoms with van der Waals surface area (Å²) in [5.41, 5.74) is 1.18. The van der Waals surface area contributed by atoms with Crippen molar-refractivity contribution in [2.24, 2.45) is 0 Å². The van der Waals surface area contributed by atoms with Gasteiger partial charge in [-0.05, 0) is 57.7 Å². The molecule has 10 nitrogen and oxygen atoms in total. The van der Waals surface area contributed by atoms with Crippen LogP contribution in [-0.4, -0.2) is 81.0 Å². The maximum Gasteiger partial charge on any atom is 0.356 e. The lowest BCUT2D eigenvalue weighted by Gasteiger charge is -2.38. The number of carboxylic acids is 1. The van der Waals surface area contributed by atoms with E-state index in [0.717, 1.165) is 5.56 Å². The van der Waals surface area contributed by atoms with Gasteiger partial charge >= 0.3 is 5.97 Å². The summed E-state index contributed by atoms with van der Waals surface area (Å²) in [6.45, 7) is 4.42. The fourth-order valence-corrected chi connectivity index (χ4v) is 7.01. The van der Waals surface area contributed by atoms with Gasteiger partial charge in [0.15, 0.2) is 15.5 Å². The normalized spacial score (nSPS) is 19.4. The third-order valence-corrected chi connectivity index (χ3v) is 10.4. The van der Waals surface area contributed by atoms with Crippen molar-refractivity contribution in [1.29, 1.82) is 0 Å². The van der Waals surface area contributed by atoms with Crippen molar-refractivity contribution in [1.82, 2.24) is 14.7 Å². The lowest BCUT2D eigenvalue weighted by molar-refractivity contribution is 0.0647. The molecule has 0 bridgehead atoms. The molecule has 1 amide bonds. The van der Waals surface area contributed by atoms with Crippen molar-refractivity contribution in [3.8, 4) is 5.75 Å². The Kier molecular flexibility index (Phi) is 6.21. The molecule has 1 saturated carbocycles. The maximum absolute atomic E-state index is 13.7. The van der Waals surface area contributed by atoms with Crippen molar-refractivity contribution in [3.05, 3.63) is 46.8 Å². The third-order valence-electron chi connectivity index (χ3n) is 7.18. The van der Waals surface area contributed by atoms with Gasteiger partial charge in [0, 0.05) is 18.2 Å². The first-order valence-corrected chi connectivity index (χ1v) is 13.0. The average molecular weight is 506 g/mol. The fraction of sp³-hybridized carbons (Fsp3) is 0.542. The lowest BCUT2D eigenvalue weighted by Crippen LogP contribution is -2.54. The van der Waals surface area contributed by atoms with Crippen LogP contribution in [0.25, 0.3) is 0 Å². The van der Waals surface area contributed by atoms with E-state index >= 15 is 0 Å². The highest BCUT2D eigenvalue weighted by Crippen LogP contribution is 2.49. The van der Waals surface area contributed by atoms with Gasteiger partial charge in [-0.15, -0.1) is 0 Å². The fourth-order valence-electron chi connectivity index (χ4n) is 4.72. The van der Waals surface area contributed by atoms with E-state index in [1.807, 2.05) is 12.1 Å². The molecule has 0 saturated heterocycles. The number of methoxy groups -OCH3 is 1. The molecule has 2 aliphatic rings. The molecule has 1 aliphatic heterocycles. The monoisotopic (exact) mass is 505 g/mol. The molecule has 0 spiro atoms. The van der Waals surface area contributed by atoms with Crippen LogP contribution < -0.4 is 4.74 Å². The first-order chi connectivity index (χ1) is 16.4. The zero-order valence-electron chi connectivity index (χ0n) is 20.3. The van der Waals surface area contributed by atoms with Crippen LogP contribution in [0.3, 0.4) is 0 Å². The van der Waals surface area contributed by atoms with Crippen LogP contribution >= 0.6 is 0 Å². The van der Waals surface area contributed by atoms with Gasteiger partial charge in [-0.3, -0.25) is 9.48 Å². The van der Waals surface area contributed by atoms with Crippen molar-refractivity contribution in [2.45, 2.75) is 62.1 Å². The van der Waals surface area contributed by atoms with Crippen LogP contribution in [0.1, 0.15) is 65.7 Å². The Balaban J connectivity index is 1.70. The number of carbonyl (C=O) groups is 2. The number of benzene rings is 1. The van der Waals surface area contributed by atoms with E-state index in [9.17, 15) is 28.2 Å². The zero-order chi connectivity index (χ0) is 25.8. The van der Waals surface area contributed by atoms with Gasteiger partial charge in [0.25, 0.3) is 5.91 Å². The highest BCUT2D eigenvalue weighted by Gasteiger charge is 2.61. The number of rotatable bonds is 9. The van der Waals surface area contributed by atoms with Crippen LogP contribution in [-0.2, 0) is 22.8 Å². The lowest BCUT2D eigenvalue weighted by atomic mass is 9.97. The number of ether oxygens (including phenoxy) is 1. The van der Waals surface area contributed by atoms with Crippen LogP contribution in [0, 0.1) is 0 Å². The van der Waals surface area contributed by atoms with Crippen LogP contribution in [0.4, 0.5) is 0 Å². The van der Waals surface area contributed by atoms with Crippen molar-refractivity contribution < 1.29 is 33.0 Å². The van der Waals surface area contributed by atoms with Gasteiger partial charge in [-0.25, -0.2) is 13.2 Å². The minimum absolute atomic E-state index is 0.00563. The summed E-state index contributed by atoms with van der Waals surface area (Å²) in [4.78, 5) is 27.2. The highest BCUT2D eigenvalue weighted by atomic mass is 32.2. The number of fused-ring (bicyclic) bond motifs is 1. The second-order valence-electron chi connectivity index (χ2n) is 10.1. The number of hydrogen-bond acceptors (Lipinski definition) is 7. The van der Waals surface area contributed by atoms with Gasteiger partial charge in [-0.2, -0.15) is 5.10 Å². The summed E-state index contributed by atoms with van der Waals surface area (Å²) in [6, 6.07) is 6.75. The minimum atomic E-state index is -3.75. The number of nitrogens with zero attached hydrogens (tertiary/aromatic N) is 3. The van der Waals surface area contributed by atoms with Gasteiger partial charge in [0.2, 0.25) is 0 Å². The molecule has 1 aromatic carbocycles. The van der Waals surface area contributed by atoms with Gasteiger partial charge in [-0.1, -0.05) is 12.1 Å². The number of carboxylic acid groups (broad SMARTS) is 1. The summed E-state index contributed by atoms with van der Waals surface area (Å²) in [7, 11) is -2.19. The number of amides is 1. The number of hydrogen-bond donors (Lipinski definition) is 2. The topological polar surface area (TPSA) is 139 Å². The summed E-state index contributed by atoms with van der Waals surface area (Å²) in [6.07, 6.45) is 1.08. The Morgan fingerprint density at radius 2 is 1.89 bits per heavy atom. The summed E-state index contributed by atoms with van der Waals surface area (Å²) in [5.74, 6) is -0.982. The molecule has 190 valence electrons. The van der Waals surface area contributed by atoms with E-state index in [2.05, 4.69) is 5.10 Å². The van der Waals surface area contributed by atoms with Crippen LogP contribution in [0.5, 0.6) is 5.75 Å². The van der Waals surface area contributed by atoms with Crippen molar-refractivity contribution in [3.63, 3.8) is 0 Å². The van der Waals surface area contributed by atoms with Gasteiger partial charge < -0.3 is 19.8 Å². The molecule has 2 N–H and O–H groups in total. The minimum Gasteiger partial charge on any atom is -0.497 e. The van der Waals surface area contributed by atoms with E-state index in [1.165, 1.54) is 23.4 Å². The molecule has 1 unspecified atom stereocenters. The SMILES string of the molecule is COc1ccc(Cn2nc(C(=O)O)c3c2C(=O)N(CC2(S(=O)(=O)C(C)(C)CO)CC2)C(C)C3)cc1. The second kappa shape index (κ2) is 8.63. The van der Waals surface area contributed by atoms with Crippen molar-refractivity contribution >= 4 is 21.7 Å².